The Morgan fingerprint density at radius 1 is 1.24 bits per heavy atom. The number of benzene rings is 1. The first-order chi connectivity index (χ1) is 12.1. The molecule has 1 aliphatic rings. The second-order valence-electron chi connectivity index (χ2n) is 6.49. The van der Waals surface area contributed by atoms with Crippen molar-refractivity contribution in [2.24, 2.45) is 0 Å². The highest BCUT2D eigenvalue weighted by molar-refractivity contribution is 6.17. The van der Waals surface area contributed by atoms with Crippen molar-refractivity contribution >= 4 is 29.0 Å². The number of carbonyl (C=O) groups is 2. The Hall–Kier alpha value is -1.59. The van der Waals surface area contributed by atoms with Gasteiger partial charge < -0.3 is 15.0 Å². The summed E-state index contributed by atoms with van der Waals surface area (Å²) in [5, 5.41) is 2.70. The lowest BCUT2D eigenvalue weighted by Crippen LogP contribution is -2.30. The highest BCUT2D eigenvalue weighted by atomic mass is 35.5. The Labute approximate surface area is 154 Å². The minimum Gasteiger partial charge on any atom is -0.476 e. The van der Waals surface area contributed by atoms with E-state index in [4.69, 9.17) is 16.3 Å². The standard InChI is InChI=1S/C19H27ClN2O3/c1-15(23)21-18-8-7-16(13-19(18)25-14-20)12-17(24)6-5-11-22-9-3-2-4-10-22/h7-8,13H,2-6,9-12,14H2,1H3,(H,21,23). The van der Waals surface area contributed by atoms with Crippen molar-refractivity contribution in [2.45, 2.75) is 45.4 Å². The van der Waals surface area contributed by atoms with Gasteiger partial charge in [-0.1, -0.05) is 24.1 Å². The van der Waals surface area contributed by atoms with Crippen LogP contribution in [0, 0.1) is 0 Å². The molecule has 0 bridgehead atoms. The summed E-state index contributed by atoms with van der Waals surface area (Å²) in [6.45, 7) is 4.77. The number of anilines is 1. The molecule has 25 heavy (non-hydrogen) atoms. The van der Waals surface area contributed by atoms with E-state index in [0.717, 1.165) is 31.6 Å². The molecule has 138 valence electrons. The van der Waals surface area contributed by atoms with Gasteiger partial charge in [0.15, 0.2) is 6.07 Å². The minimum absolute atomic E-state index is 0.0141. The highest BCUT2D eigenvalue weighted by Gasteiger charge is 2.12. The molecule has 5 nitrogen and oxygen atoms in total. The van der Waals surface area contributed by atoms with Crippen LogP contribution in [0.25, 0.3) is 0 Å². The lowest BCUT2D eigenvalue weighted by molar-refractivity contribution is -0.118. The Kier molecular flexibility index (Phi) is 8.22. The SMILES string of the molecule is CC(=O)Nc1ccc(CC(=O)CCCN2CCCCC2)cc1OCCl. The van der Waals surface area contributed by atoms with Crippen LogP contribution >= 0.6 is 11.6 Å². The number of likely N-dealkylation sites (tertiary alicyclic amines) is 1. The monoisotopic (exact) mass is 366 g/mol. The van der Waals surface area contributed by atoms with E-state index in [-0.39, 0.29) is 17.8 Å². The third kappa shape index (κ3) is 7.04. The van der Waals surface area contributed by atoms with Gasteiger partial charge in [0.05, 0.1) is 5.69 Å². The number of hydrogen-bond donors (Lipinski definition) is 1. The van der Waals surface area contributed by atoms with Gasteiger partial charge in [-0.15, -0.1) is 0 Å². The van der Waals surface area contributed by atoms with E-state index >= 15 is 0 Å². The smallest absolute Gasteiger partial charge is 0.221 e. The molecule has 1 aliphatic heterocycles. The quantitative estimate of drug-likeness (QED) is 0.678. The molecule has 1 fully saturated rings. The Morgan fingerprint density at radius 2 is 2.00 bits per heavy atom. The molecule has 1 heterocycles. The molecule has 0 atom stereocenters. The second kappa shape index (κ2) is 10.4. The van der Waals surface area contributed by atoms with Crippen LogP contribution < -0.4 is 10.1 Å². The van der Waals surface area contributed by atoms with Gasteiger partial charge in [0.1, 0.15) is 11.5 Å². The third-order valence-corrected chi connectivity index (χ3v) is 4.46. The summed E-state index contributed by atoms with van der Waals surface area (Å²) >= 11 is 5.64. The molecule has 0 spiro atoms. The van der Waals surface area contributed by atoms with Crippen LogP contribution in [0.1, 0.15) is 44.6 Å². The van der Waals surface area contributed by atoms with Gasteiger partial charge in [-0.25, -0.2) is 0 Å². The summed E-state index contributed by atoms with van der Waals surface area (Å²) in [5.41, 5.74) is 1.44. The first kappa shape index (κ1) is 19.7. The Balaban J connectivity index is 1.84. The van der Waals surface area contributed by atoms with Crippen LogP contribution in [0.4, 0.5) is 5.69 Å². The predicted molar refractivity (Wildman–Crippen MR) is 100 cm³/mol. The molecular formula is C19H27ClN2O3. The number of ketones is 1. The first-order valence-electron chi connectivity index (χ1n) is 8.92. The molecule has 0 aromatic heterocycles. The Bertz CT molecular complexity index is 586. The zero-order valence-electron chi connectivity index (χ0n) is 14.9. The number of carbonyl (C=O) groups excluding carboxylic acids is 2. The van der Waals surface area contributed by atoms with Crippen molar-refractivity contribution < 1.29 is 14.3 Å². The van der Waals surface area contributed by atoms with Crippen molar-refractivity contribution in [1.29, 1.82) is 0 Å². The summed E-state index contributed by atoms with van der Waals surface area (Å²) in [6, 6.07) is 5.35. The molecule has 0 unspecified atom stereocenters. The number of nitrogens with one attached hydrogen (secondary N) is 1. The van der Waals surface area contributed by atoms with Gasteiger partial charge in [0, 0.05) is 19.8 Å². The zero-order chi connectivity index (χ0) is 18.1. The molecule has 0 radical (unpaired) electrons. The largest absolute Gasteiger partial charge is 0.476 e. The second-order valence-corrected chi connectivity index (χ2v) is 6.70. The number of alkyl halides is 1. The fourth-order valence-corrected chi connectivity index (χ4v) is 3.26. The molecule has 1 aromatic rings. The molecule has 2 rings (SSSR count). The molecule has 1 saturated heterocycles. The molecule has 1 aromatic carbocycles. The molecule has 0 saturated carbocycles. The molecular weight excluding hydrogens is 340 g/mol. The number of amides is 1. The number of piperidine rings is 1. The Morgan fingerprint density at radius 3 is 2.68 bits per heavy atom. The van der Waals surface area contributed by atoms with Crippen molar-refractivity contribution in [3.8, 4) is 5.75 Å². The molecule has 1 amide bonds. The number of Topliss-reactive ketones (excluding diaryl/α,β-unsaturated/α-hetero) is 1. The highest BCUT2D eigenvalue weighted by Crippen LogP contribution is 2.27. The van der Waals surface area contributed by atoms with Crippen LogP contribution in [-0.2, 0) is 16.0 Å². The normalized spacial score (nSPS) is 15.0. The van der Waals surface area contributed by atoms with E-state index in [1.165, 1.54) is 26.2 Å². The van der Waals surface area contributed by atoms with Crippen molar-refractivity contribution in [2.75, 3.05) is 31.0 Å². The summed E-state index contributed by atoms with van der Waals surface area (Å²) < 4.78 is 5.35. The minimum atomic E-state index is -0.180. The van der Waals surface area contributed by atoms with Gasteiger partial charge in [0.25, 0.3) is 0 Å². The van der Waals surface area contributed by atoms with Gasteiger partial charge >= 0.3 is 0 Å². The van der Waals surface area contributed by atoms with E-state index in [9.17, 15) is 9.59 Å². The average molecular weight is 367 g/mol. The number of ether oxygens (including phenoxy) is 1. The number of nitrogens with zero attached hydrogens (tertiary/aromatic N) is 1. The fourth-order valence-electron chi connectivity index (χ4n) is 3.15. The first-order valence-corrected chi connectivity index (χ1v) is 9.45. The van der Waals surface area contributed by atoms with Gasteiger partial charge in [-0.2, -0.15) is 0 Å². The fraction of sp³-hybridized carbons (Fsp3) is 0.579. The maximum atomic E-state index is 12.2. The van der Waals surface area contributed by atoms with E-state index < -0.39 is 0 Å². The van der Waals surface area contributed by atoms with Crippen LogP contribution in [0.5, 0.6) is 5.75 Å². The van der Waals surface area contributed by atoms with Crippen molar-refractivity contribution in [3.05, 3.63) is 23.8 Å². The number of halogens is 1. The third-order valence-electron chi connectivity index (χ3n) is 4.35. The molecule has 0 aliphatic carbocycles. The number of rotatable bonds is 9. The maximum absolute atomic E-state index is 12.2. The van der Waals surface area contributed by atoms with Crippen LogP contribution in [0.2, 0.25) is 0 Å². The van der Waals surface area contributed by atoms with E-state index in [2.05, 4.69) is 10.2 Å². The summed E-state index contributed by atoms with van der Waals surface area (Å²) in [4.78, 5) is 25.9. The molecule has 1 N–H and O–H groups in total. The van der Waals surface area contributed by atoms with Gasteiger partial charge in [-0.05, 0) is 56.6 Å². The van der Waals surface area contributed by atoms with Gasteiger partial charge in [-0.3, -0.25) is 9.59 Å². The topological polar surface area (TPSA) is 58.6 Å². The maximum Gasteiger partial charge on any atom is 0.221 e. The lowest BCUT2D eigenvalue weighted by atomic mass is 10.0. The van der Waals surface area contributed by atoms with E-state index in [1.807, 2.05) is 6.07 Å². The summed E-state index contributed by atoms with van der Waals surface area (Å²) in [6.07, 6.45) is 5.76. The van der Waals surface area contributed by atoms with E-state index in [1.54, 1.807) is 12.1 Å². The molecule has 6 heteroatoms. The van der Waals surface area contributed by atoms with E-state index in [0.29, 0.717) is 24.3 Å². The lowest BCUT2D eigenvalue weighted by Gasteiger charge is -2.26. The van der Waals surface area contributed by atoms with Crippen LogP contribution in [-0.4, -0.2) is 42.3 Å². The number of hydrogen-bond acceptors (Lipinski definition) is 4. The van der Waals surface area contributed by atoms with Crippen molar-refractivity contribution in [3.63, 3.8) is 0 Å². The average Bonchev–Trinajstić information content (AvgIpc) is 2.58. The predicted octanol–water partition coefficient (Wildman–Crippen LogP) is 3.60. The van der Waals surface area contributed by atoms with Crippen LogP contribution in [0.3, 0.4) is 0 Å². The summed E-state index contributed by atoms with van der Waals surface area (Å²) in [7, 11) is 0. The summed E-state index contributed by atoms with van der Waals surface area (Å²) in [5.74, 6) is 0.533. The zero-order valence-corrected chi connectivity index (χ0v) is 15.6. The van der Waals surface area contributed by atoms with Gasteiger partial charge in [0.2, 0.25) is 5.91 Å². The van der Waals surface area contributed by atoms with Crippen molar-refractivity contribution in [1.82, 2.24) is 4.90 Å². The van der Waals surface area contributed by atoms with Crippen LogP contribution in [0.15, 0.2) is 18.2 Å².